The molecular weight excluding hydrogens is 471 g/mol. The van der Waals surface area contributed by atoms with Gasteiger partial charge in [-0.1, -0.05) is 12.1 Å². The third-order valence-corrected chi connectivity index (χ3v) is 5.17. The number of nitrogens with zero attached hydrogens (tertiary/aromatic N) is 3. The standard InChI is InChI=1S/C24H23FN6O3S/c1-32-18-10-16(11-19(33-2)22(18)34-3)28-21-13-26-17-7-8-20(29-23(17)30-21)31-24(35)27-12-14-5-4-6-15(25)9-14/h4-11,13H,12H2,1-3H3,(H3,27,28,29,30,31,35). The fourth-order valence-corrected chi connectivity index (χ4v) is 3.50. The van der Waals surface area contributed by atoms with Gasteiger partial charge in [-0.05, 0) is 42.0 Å². The average molecular weight is 495 g/mol. The van der Waals surface area contributed by atoms with E-state index in [1.54, 1.807) is 57.9 Å². The number of nitrogens with one attached hydrogen (secondary N) is 3. The van der Waals surface area contributed by atoms with E-state index in [0.717, 1.165) is 5.56 Å². The van der Waals surface area contributed by atoms with E-state index in [0.29, 0.717) is 57.4 Å². The van der Waals surface area contributed by atoms with Crippen molar-refractivity contribution in [1.29, 1.82) is 0 Å². The van der Waals surface area contributed by atoms with Crippen molar-refractivity contribution in [3.63, 3.8) is 0 Å². The molecule has 2 aromatic heterocycles. The molecule has 11 heteroatoms. The summed E-state index contributed by atoms with van der Waals surface area (Å²) in [5.41, 5.74) is 2.48. The van der Waals surface area contributed by atoms with Gasteiger partial charge in [-0.15, -0.1) is 0 Å². The largest absolute Gasteiger partial charge is 0.493 e. The predicted molar refractivity (Wildman–Crippen MR) is 136 cm³/mol. The van der Waals surface area contributed by atoms with Gasteiger partial charge in [0.1, 0.15) is 17.2 Å². The molecule has 9 nitrogen and oxygen atoms in total. The van der Waals surface area contributed by atoms with Gasteiger partial charge in [0.05, 0.1) is 27.5 Å². The lowest BCUT2D eigenvalue weighted by atomic mass is 10.2. The molecule has 0 aliphatic heterocycles. The van der Waals surface area contributed by atoms with Gasteiger partial charge in [0, 0.05) is 24.4 Å². The summed E-state index contributed by atoms with van der Waals surface area (Å²) in [5, 5.41) is 9.57. The van der Waals surface area contributed by atoms with E-state index in [9.17, 15) is 4.39 Å². The molecule has 0 spiro atoms. The third kappa shape index (κ3) is 5.82. The fourth-order valence-electron chi connectivity index (χ4n) is 3.32. The molecular formula is C24H23FN6O3S. The van der Waals surface area contributed by atoms with Crippen molar-refractivity contribution < 1.29 is 18.6 Å². The fraction of sp³-hybridized carbons (Fsp3) is 0.167. The minimum absolute atomic E-state index is 0.297. The molecule has 0 radical (unpaired) electrons. The molecule has 0 fully saturated rings. The Hall–Kier alpha value is -4.25. The van der Waals surface area contributed by atoms with Crippen LogP contribution in [0.2, 0.25) is 0 Å². The van der Waals surface area contributed by atoms with Crippen molar-refractivity contribution in [2.24, 2.45) is 0 Å². The van der Waals surface area contributed by atoms with Crippen LogP contribution in [0.1, 0.15) is 5.56 Å². The van der Waals surface area contributed by atoms with Gasteiger partial charge in [0.25, 0.3) is 0 Å². The number of thiocarbonyl (C=S) groups is 1. The zero-order valence-corrected chi connectivity index (χ0v) is 20.1. The molecule has 4 aromatic rings. The number of halogens is 1. The number of ether oxygens (including phenoxy) is 3. The first-order valence-corrected chi connectivity index (χ1v) is 10.9. The van der Waals surface area contributed by atoms with Crippen molar-refractivity contribution in [2.45, 2.75) is 6.54 Å². The molecule has 0 aliphatic carbocycles. The molecule has 2 heterocycles. The Balaban J connectivity index is 1.49. The number of benzene rings is 2. The number of methoxy groups -OCH3 is 3. The summed E-state index contributed by atoms with van der Waals surface area (Å²) in [4.78, 5) is 13.5. The Morgan fingerprint density at radius 2 is 1.69 bits per heavy atom. The quantitative estimate of drug-likeness (QED) is 0.305. The third-order valence-electron chi connectivity index (χ3n) is 4.93. The van der Waals surface area contributed by atoms with Gasteiger partial charge in [0.2, 0.25) is 5.75 Å². The van der Waals surface area contributed by atoms with E-state index < -0.39 is 0 Å². The van der Waals surface area contributed by atoms with Crippen LogP contribution in [0.5, 0.6) is 17.2 Å². The lowest BCUT2D eigenvalue weighted by Gasteiger charge is -2.15. The van der Waals surface area contributed by atoms with Crippen LogP contribution in [-0.2, 0) is 6.54 Å². The van der Waals surface area contributed by atoms with Gasteiger partial charge in [0.15, 0.2) is 28.1 Å². The van der Waals surface area contributed by atoms with Crippen molar-refractivity contribution in [2.75, 3.05) is 32.0 Å². The maximum atomic E-state index is 13.3. The molecule has 0 unspecified atom stereocenters. The van der Waals surface area contributed by atoms with Crippen LogP contribution in [-0.4, -0.2) is 41.4 Å². The van der Waals surface area contributed by atoms with E-state index in [1.165, 1.54) is 12.1 Å². The Morgan fingerprint density at radius 1 is 0.943 bits per heavy atom. The molecule has 180 valence electrons. The van der Waals surface area contributed by atoms with Crippen molar-refractivity contribution in [3.8, 4) is 17.2 Å². The van der Waals surface area contributed by atoms with Crippen molar-refractivity contribution in [1.82, 2.24) is 20.3 Å². The van der Waals surface area contributed by atoms with E-state index in [-0.39, 0.29) is 5.82 Å². The maximum Gasteiger partial charge on any atom is 0.203 e. The molecule has 35 heavy (non-hydrogen) atoms. The smallest absolute Gasteiger partial charge is 0.203 e. The topological polar surface area (TPSA) is 102 Å². The predicted octanol–water partition coefficient (Wildman–Crippen LogP) is 4.42. The van der Waals surface area contributed by atoms with E-state index in [1.807, 2.05) is 6.07 Å². The molecule has 3 N–H and O–H groups in total. The first-order valence-electron chi connectivity index (χ1n) is 10.5. The first kappa shape index (κ1) is 23.9. The summed E-state index contributed by atoms with van der Waals surface area (Å²) in [6.45, 7) is 0.375. The molecule has 2 aromatic carbocycles. The Morgan fingerprint density at radius 3 is 2.37 bits per heavy atom. The highest BCUT2D eigenvalue weighted by Gasteiger charge is 2.14. The first-order chi connectivity index (χ1) is 17.0. The van der Waals surface area contributed by atoms with Crippen LogP contribution in [0.4, 0.5) is 21.7 Å². The average Bonchev–Trinajstić information content (AvgIpc) is 2.86. The number of anilines is 3. The minimum Gasteiger partial charge on any atom is -0.493 e. The summed E-state index contributed by atoms with van der Waals surface area (Å²) in [5.74, 6) is 2.18. The monoisotopic (exact) mass is 494 g/mol. The second kappa shape index (κ2) is 10.8. The number of fused-ring (bicyclic) bond motifs is 1. The van der Waals surface area contributed by atoms with E-state index in [2.05, 4.69) is 30.9 Å². The van der Waals surface area contributed by atoms with Crippen LogP contribution in [0.25, 0.3) is 11.2 Å². The molecule has 0 saturated heterocycles. The number of pyridine rings is 1. The van der Waals surface area contributed by atoms with Gasteiger partial charge in [-0.25, -0.2) is 19.3 Å². The maximum absolute atomic E-state index is 13.3. The van der Waals surface area contributed by atoms with Crippen LogP contribution in [0.3, 0.4) is 0 Å². The van der Waals surface area contributed by atoms with Crippen molar-refractivity contribution in [3.05, 3.63) is 66.1 Å². The highest BCUT2D eigenvalue weighted by molar-refractivity contribution is 7.80. The van der Waals surface area contributed by atoms with Gasteiger partial charge in [-0.3, -0.25) is 0 Å². The van der Waals surface area contributed by atoms with Gasteiger partial charge < -0.3 is 30.2 Å². The molecule has 0 atom stereocenters. The highest BCUT2D eigenvalue weighted by atomic mass is 32.1. The van der Waals surface area contributed by atoms with Gasteiger partial charge >= 0.3 is 0 Å². The van der Waals surface area contributed by atoms with E-state index in [4.69, 9.17) is 26.4 Å². The summed E-state index contributed by atoms with van der Waals surface area (Å²) in [6, 6.07) is 13.4. The van der Waals surface area contributed by atoms with Crippen LogP contribution >= 0.6 is 12.2 Å². The minimum atomic E-state index is -0.297. The summed E-state index contributed by atoms with van der Waals surface area (Å²) in [6.07, 6.45) is 1.60. The van der Waals surface area contributed by atoms with Crippen LogP contribution in [0, 0.1) is 5.82 Å². The summed E-state index contributed by atoms with van der Waals surface area (Å²) >= 11 is 5.33. The number of rotatable bonds is 8. The van der Waals surface area contributed by atoms with E-state index >= 15 is 0 Å². The number of aromatic nitrogens is 3. The van der Waals surface area contributed by atoms with Crippen molar-refractivity contribution >= 4 is 45.8 Å². The zero-order valence-electron chi connectivity index (χ0n) is 19.3. The summed E-state index contributed by atoms with van der Waals surface area (Å²) in [7, 11) is 4.64. The SMILES string of the molecule is COc1cc(Nc2cnc3ccc(NC(=S)NCc4cccc(F)c4)nc3n2)cc(OC)c1OC. The highest BCUT2D eigenvalue weighted by Crippen LogP contribution is 2.40. The second-order valence-corrected chi connectivity index (χ2v) is 7.68. The zero-order chi connectivity index (χ0) is 24.8. The molecule has 0 amide bonds. The summed E-state index contributed by atoms with van der Waals surface area (Å²) < 4.78 is 29.5. The Kier molecular flexibility index (Phi) is 7.36. The number of hydrogen-bond donors (Lipinski definition) is 3. The Bertz CT molecular complexity index is 1350. The molecule has 4 rings (SSSR count). The van der Waals surface area contributed by atoms with Crippen LogP contribution < -0.4 is 30.2 Å². The number of hydrogen-bond acceptors (Lipinski definition) is 8. The second-order valence-electron chi connectivity index (χ2n) is 7.27. The van der Waals surface area contributed by atoms with Crippen LogP contribution in [0.15, 0.2) is 54.7 Å². The van der Waals surface area contributed by atoms with Gasteiger partial charge in [-0.2, -0.15) is 0 Å². The molecule has 0 aliphatic rings. The lowest BCUT2D eigenvalue weighted by molar-refractivity contribution is 0.324. The normalized spacial score (nSPS) is 10.5. The molecule has 0 saturated carbocycles. The Labute approximate surface area is 206 Å². The lowest BCUT2D eigenvalue weighted by Crippen LogP contribution is -2.28. The molecule has 0 bridgehead atoms.